The van der Waals surface area contributed by atoms with E-state index in [1.165, 1.54) is 12.3 Å². The van der Waals surface area contributed by atoms with Crippen LogP contribution in [0, 0.1) is 0 Å². The van der Waals surface area contributed by atoms with E-state index in [9.17, 15) is 18.3 Å². The normalized spacial score (nSPS) is 17.9. The fourth-order valence-corrected chi connectivity index (χ4v) is 1.71. The van der Waals surface area contributed by atoms with E-state index in [1.807, 2.05) is 0 Å². The van der Waals surface area contributed by atoms with Crippen molar-refractivity contribution >= 4 is 0 Å². The lowest BCUT2D eigenvalue weighted by Crippen LogP contribution is -2.11. The molecular formula is C12H12F3NO2. The highest BCUT2D eigenvalue weighted by Gasteiger charge is 2.31. The average molecular weight is 259 g/mol. The molecule has 2 heterocycles. The molecule has 0 radical (unpaired) electrons. The molecule has 1 N–H and O–H groups in total. The minimum atomic E-state index is -4.41. The topological polar surface area (TPSA) is 42.4 Å². The zero-order valence-corrected chi connectivity index (χ0v) is 9.44. The number of pyridine rings is 1. The van der Waals surface area contributed by atoms with Gasteiger partial charge >= 0.3 is 6.18 Å². The molecule has 2 rings (SSSR count). The SMILES string of the molecule is OC(C1=COCCC1)c1ccc(C(F)(F)F)cn1. The van der Waals surface area contributed by atoms with Gasteiger partial charge in [-0.2, -0.15) is 13.2 Å². The Morgan fingerprint density at radius 2 is 2.11 bits per heavy atom. The second-order valence-corrected chi connectivity index (χ2v) is 4.04. The molecule has 0 bridgehead atoms. The molecule has 0 saturated heterocycles. The van der Waals surface area contributed by atoms with Crippen LogP contribution >= 0.6 is 0 Å². The summed E-state index contributed by atoms with van der Waals surface area (Å²) in [6.45, 7) is 0.594. The van der Waals surface area contributed by atoms with E-state index in [2.05, 4.69) is 4.98 Å². The van der Waals surface area contributed by atoms with E-state index in [1.54, 1.807) is 0 Å². The van der Waals surface area contributed by atoms with Gasteiger partial charge in [-0.25, -0.2) is 0 Å². The molecule has 98 valence electrons. The van der Waals surface area contributed by atoms with Gasteiger partial charge in [0.15, 0.2) is 0 Å². The van der Waals surface area contributed by atoms with Crippen molar-refractivity contribution in [3.8, 4) is 0 Å². The van der Waals surface area contributed by atoms with Crippen molar-refractivity contribution in [1.82, 2.24) is 4.98 Å². The summed E-state index contributed by atoms with van der Waals surface area (Å²) in [5.41, 5.74) is 0.000539. The number of nitrogens with zero attached hydrogens (tertiary/aromatic N) is 1. The largest absolute Gasteiger partial charge is 0.501 e. The summed E-state index contributed by atoms with van der Waals surface area (Å²) in [6.07, 6.45) is -1.81. The number of aromatic nitrogens is 1. The lowest BCUT2D eigenvalue weighted by molar-refractivity contribution is -0.137. The van der Waals surface area contributed by atoms with Crippen LogP contribution in [-0.4, -0.2) is 16.7 Å². The molecule has 1 unspecified atom stereocenters. The summed E-state index contributed by atoms with van der Waals surface area (Å²) in [5.74, 6) is 0. The molecule has 1 aromatic rings. The van der Waals surface area contributed by atoms with Gasteiger partial charge in [-0.1, -0.05) is 0 Å². The Balaban J connectivity index is 2.16. The van der Waals surface area contributed by atoms with Gasteiger partial charge in [0.05, 0.1) is 24.1 Å². The van der Waals surface area contributed by atoms with E-state index in [4.69, 9.17) is 4.74 Å². The summed E-state index contributed by atoms with van der Waals surface area (Å²) in [6, 6.07) is 2.10. The van der Waals surface area contributed by atoms with Crippen LogP contribution in [0.2, 0.25) is 0 Å². The molecule has 1 atom stereocenters. The molecule has 0 aromatic carbocycles. The van der Waals surface area contributed by atoms with E-state index in [0.29, 0.717) is 18.6 Å². The Morgan fingerprint density at radius 1 is 1.33 bits per heavy atom. The third kappa shape index (κ3) is 2.81. The summed E-state index contributed by atoms with van der Waals surface area (Å²) >= 11 is 0. The molecule has 0 fully saturated rings. The van der Waals surface area contributed by atoms with E-state index in [-0.39, 0.29) is 5.69 Å². The fourth-order valence-electron chi connectivity index (χ4n) is 1.71. The van der Waals surface area contributed by atoms with Crippen LogP contribution < -0.4 is 0 Å². The highest BCUT2D eigenvalue weighted by atomic mass is 19.4. The van der Waals surface area contributed by atoms with E-state index < -0.39 is 17.8 Å². The number of hydrogen-bond acceptors (Lipinski definition) is 3. The molecule has 0 amide bonds. The van der Waals surface area contributed by atoms with Gasteiger partial charge in [0.1, 0.15) is 6.10 Å². The third-order valence-electron chi connectivity index (χ3n) is 2.71. The number of rotatable bonds is 2. The summed E-state index contributed by atoms with van der Waals surface area (Å²) in [7, 11) is 0. The first-order valence-electron chi connectivity index (χ1n) is 5.50. The quantitative estimate of drug-likeness (QED) is 0.888. The standard InChI is InChI=1S/C12H12F3NO2/c13-12(14,15)9-3-4-10(16-6-9)11(17)8-2-1-5-18-7-8/h3-4,6-7,11,17H,1-2,5H2. The van der Waals surface area contributed by atoms with E-state index >= 15 is 0 Å². The molecular weight excluding hydrogens is 247 g/mol. The van der Waals surface area contributed by atoms with Gasteiger partial charge in [0, 0.05) is 6.20 Å². The molecule has 6 heteroatoms. The first-order valence-corrected chi connectivity index (χ1v) is 5.50. The number of halogens is 3. The first-order chi connectivity index (χ1) is 8.48. The highest BCUT2D eigenvalue weighted by Crippen LogP contribution is 2.31. The summed E-state index contributed by atoms with van der Waals surface area (Å²) < 4.78 is 42.1. The van der Waals surface area contributed by atoms with Gasteiger partial charge in [-0.3, -0.25) is 4.98 Å². The Hall–Kier alpha value is -1.56. The van der Waals surface area contributed by atoms with Crippen molar-refractivity contribution in [1.29, 1.82) is 0 Å². The smallest absolute Gasteiger partial charge is 0.417 e. The van der Waals surface area contributed by atoms with Gasteiger partial charge in [-0.15, -0.1) is 0 Å². The minimum absolute atomic E-state index is 0.194. The Morgan fingerprint density at radius 3 is 2.61 bits per heavy atom. The number of alkyl halides is 3. The number of aliphatic hydroxyl groups excluding tert-OH is 1. The summed E-state index contributed by atoms with van der Waals surface area (Å²) in [4.78, 5) is 3.65. The lowest BCUT2D eigenvalue weighted by Gasteiger charge is -2.18. The van der Waals surface area contributed by atoms with Crippen LogP contribution in [0.15, 0.2) is 30.2 Å². The van der Waals surface area contributed by atoms with E-state index in [0.717, 1.165) is 18.7 Å². The zero-order valence-electron chi connectivity index (χ0n) is 9.44. The van der Waals surface area contributed by atoms with Crippen LogP contribution in [0.5, 0.6) is 0 Å². The monoisotopic (exact) mass is 259 g/mol. The van der Waals surface area contributed by atoms with Crippen LogP contribution in [-0.2, 0) is 10.9 Å². The molecule has 0 saturated carbocycles. The van der Waals surface area contributed by atoms with Crippen molar-refractivity contribution in [2.75, 3.05) is 6.61 Å². The predicted molar refractivity (Wildman–Crippen MR) is 57.5 cm³/mol. The van der Waals surface area contributed by atoms with Crippen LogP contribution in [0.4, 0.5) is 13.2 Å². The second-order valence-electron chi connectivity index (χ2n) is 4.04. The van der Waals surface area contributed by atoms with Gasteiger partial charge in [-0.05, 0) is 30.5 Å². The maximum Gasteiger partial charge on any atom is 0.417 e. The molecule has 1 aliphatic rings. The van der Waals surface area contributed by atoms with Crippen molar-refractivity contribution in [2.45, 2.75) is 25.1 Å². The average Bonchev–Trinajstić information content (AvgIpc) is 2.38. The molecule has 0 spiro atoms. The lowest BCUT2D eigenvalue weighted by atomic mass is 10.0. The number of aliphatic hydroxyl groups is 1. The molecule has 1 aliphatic heterocycles. The maximum absolute atomic E-state index is 12.3. The highest BCUT2D eigenvalue weighted by molar-refractivity contribution is 5.23. The molecule has 0 aliphatic carbocycles. The van der Waals surface area contributed by atoms with Crippen LogP contribution in [0.1, 0.15) is 30.2 Å². The first kappa shape index (κ1) is 12.9. The zero-order chi connectivity index (χ0) is 13.2. The summed E-state index contributed by atoms with van der Waals surface area (Å²) in [5, 5.41) is 9.95. The predicted octanol–water partition coefficient (Wildman–Crippen LogP) is 2.83. The van der Waals surface area contributed by atoms with Crippen molar-refractivity contribution < 1.29 is 23.0 Å². The minimum Gasteiger partial charge on any atom is -0.501 e. The van der Waals surface area contributed by atoms with Crippen molar-refractivity contribution in [2.24, 2.45) is 0 Å². The Labute approximate surface area is 102 Å². The fraction of sp³-hybridized carbons (Fsp3) is 0.417. The maximum atomic E-state index is 12.3. The third-order valence-corrected chi connectivity index (χ3v) is 2.71. The van der Waals surface area contributed by atoms with Crippen molar-refractivity contribution in [3.05, 3.63) is 41.4 Å². The molecule has 18 heavy (non-hydrogen) atoms. The molecule has 1 aromatic heterocycles. The van der Waals surface area contributed by atoms with Crippen molar-refractivity contribution in [3.63, 3.8) is 0 Å². The van der Waals surface area contributed by atoms with Gasteiger partial charge < -0.3 is 9.84 Å². The number of ether oxygens (including phenoxy) is 1. The van der Waals surface area contributed by atoms with Gasteiger partial charge in [0.2, 0.25) is 0 Å². The second kappa shape index (κ2) is 4.97. The Bertz CT molecular complexity index is 440. The Kier molecular flexibility index (Phi) is 3.56. The number of hydrogen-bond donors (Lipinski definition) is 1. The molecule has 3 nitrogen and oxygen atoms in total. The van der Waals surface area contributed by atoms with Crippen LogP contribution in [0.3, 0.4) is 0 Å². The van der Waals surface area contributed by atoms with Crippen LogP contribution in [0.25, 0.3) is 0 Å². The van der Waals surface area contributed by atoms with Gasteiger partial charge in [0.25, 0.3) is 0 Å².